The maximum atomic E-state index is 13.5. The highest BCUT2D eigenvalue weighted by Gasteiger charge is 2.23. The van der Waals surface area contributed by atoms with Gasteiger partial charge in [-0.3, -0.25) is 14.4 Å². The minimum atomic E-state index is -0.263. The van der Waals surface area contributed by atoms with Crippen LogP contribution in [0.15, 0.2) is 34.9 Å². The second-order valence-electron chi connectivity index (χ2n) is 8.83. The quantitative estimate of drug-likeness (QED) is 0.488. The van der Waals surface area contributed by atoms with Crippen molar-refractivity contribution < 1.29 is 13.7 Å². The highest BCUT2D eigenvalue weighted by molar-refractivity contribution is 7.71. The molecule has 1 unspecified atom stereocenters. The lowest BCUT2D eigenvalue weighted by atomic mass is 10.2. The van der Waals surface area contributed by atoms with E-state index >= 15 is 0 Å². The summed E-state index contributed by atoms with van der Waals surface area (Å²) in [7, 11) is 0. The molecule has 0 saturated carbocycles. The lowest BCUT2D eigenvalue weighted by Crippen LogP contribution is -2.46. The molecule has 4 heterocycles. The van der Waals surface area contributed by atoms with Crippen LogP contribution in [0, 0.1) is 17.5 Å². The van der Waals surface area contributed by atoms with Crippen LogP contribution in [-0.2, 0) is 24.5 Å². The number of benzene rings is 1. The van der Waals surface area contributed by atoms with Gasteiger partial charge in [0, 0.05) is 44.4 Å². The molecule has 0 aliphatic carbocycles. The van der Waals surface area contributed by atoms with E-state index in [-0.39, 0.29) is 11.9 Å². The summed E-state index contributed by atoms with van der Waals surface area (Å²) in [5.74, 6) is 1.40. The molecule has 3 aromatic rings. The van der Waals surface area contributed by atoms with Crippen molar-refractivity contribution in [3.8, 4) is 11.4 Å². The maximum Gasteiger partial charge on any atom is 0.199 e. The van der Waals surface area contributed by atoms with E-state index in [2.05, 4.69) is 15.0 Å². The molecule has 1 aromatic carbocycles. The van der Waals surface area contributed by atoms with Crippen molar-refractivity contribution in [3.05, 3.63) is 52.4 Å². The predicted molar refractivity (Wildman–Crippen MR) is 124 cm³/mol. The van der Waals surface area contributed by atoms with Crippen molar-refractivity contribution in [2.24, 2.45) is 0 Å². The normalized spacial score (nSPS) is 20.0. The summed E-state index contributed by atoms with van der Waals surface area (Å²) in [5, 5.41) is 8.83. The SMILES string of the molecule is Cc1cc(CN2CCN(Cn3nc(-c4ccc(F)cc4)n(CC4CCCO4)c3=S)CC2)on1. The summed E-state index contributed by atoms with van der Waals surface area (Å²) in [6, 6.07) is 8.43. The zero-order valence-electron chi connectivity index (χ0n) is 18.8. The first kappa shape index (κ1) is 22.4. The monoisotopic (exact) mass is 472 g/mol. The van der Waals surface area contributed by atoms with Gasteiger partial charge in [-0.05, 0) is 56.2 Å². The third-order valence-corrected chi connectivity index (χ3v) is 6.72. The molecule has 1 atom stereocenters. The van der Waals surface area contributed by atoms with Crippen molar-refractivity contribution >= 4 is 12.2 Å². The number of aromatic nitrogens is 4. The number of rotatable bonds is 7. The Hall–Kier alpha value is -2.40. The number of hydrogen-bond donors (Lipinski definition) is 0. The second-order valence-corrected chi connectivity index (χ2v) is 9.19. The molecule has 2 saturated heterocycles. The van der Waals surface area contributed by atoms with Gasteiger partial charge in [-0.1, -0.05) is 5.16 Å². The van der Waals surface area contributed by atoms with Gasteiger partial charge >= 0.3 is 0 Å². The van der Waals surface area contributed by atoms with Crippen LogP contribution in [0.2, 0.25) is 0 Å². The van der Waals surface area contributed by atoms with E-state index in [1.54, 1.807) is 12.1 Å². The van der Waals surface area contributed by atoms with Crippen LogP contribution in [0.1, 0.15) is 24.3 Å². The van der Waals surface area contributed by atoms with E-state index in [1.807, 2.05) is 22.2 Å². The zero-order chi connectivity index (χ0) is 22.8. The molecular formula is C23H29FN6O2S. The number of hydrogen-bond acceptors (Lipinski definition) is 7. The molecule has 8 nitrogen and oxygen atoms in total. The molecule has 0 N–H and O–H groups in total. The zero-order valence-corrected chi connectivity index (χ0v) is 19.6. The van der Waals surface area contributed by atoms with Crippen LogP contribution in [0.25, 0.3) is 11.4 Å². The minimum Gasteiger partial charge on any atom is -0.376 e. The summed E-state index contributed by atoms with van der Waals surface area (Å²) in [4.78, 5) is 4.73. The van der Waals surface area contributed by atoms with Crippen LogP contribution >= 0.6 is 12.2 Å². The highest BCUT2D eigenvalue weighted by Crippen LogP contribution is 2.23. The Morgan fingerprint density at radius 2 is 1.88 bits per heavy atom. The van der Waals surface area contributed by atoms with Crippen molar-refractivity contribution in [2.75, 3.05) is 32.8 Å². The Morgan fingerprint density at radius 1 is 1.12 bits per heavy atom. The average molecular weight is 473 g/mol. The maximum absolute atomic E-state index is 13.5. The van der Waals surface area contributed by atoms with E-state index in [0.29, 0.717) is 18.0 Å². The molecule has 33 heavy (non-hydrogen) atoms. The first-order chi connectivity index (χ1) is 16.0. The molecule has 176 valence electrons. The van der Waals surface area contributed by atoms with E-state index in [9.17, 15) is 4.39 Å². The van der Waals surface area contributed by atoms with Crippen LogP contribution in [0.3, 0.4) is 0 Å². The van der Waals surface area contributed by atoms with Gasteiger partial charge in [0.25, 0.3) is 0 Å². The van der Waals surface area contributed by atoms with Gasteiger partial charge < -0.3 is 9.26 Å². The second kappa shape index (κ2) is 9.84. The van der Waals surface area contributed by atoms with Crippen molar-refractivity contribution in [1.29, 1.82) is 0 Å². The average Bonchev–Trinajstić information content (AvgIpc) is 3.54. The fourth-order valence-corrected chi connectivity index (χ4v) is 4.75. The largest absolute Gasteiger partial charge is 0.376 e. The fourth-order valence-electron chi connectivity index (χ4n) is 4.49. The standard InChI is InChI=1S/C23H29FN6O2S/c1-17-13-21(32-26-17)14-27-8-10-28(11-9-27)16-30-23(33)29(15-20-3-2-12-31-20)22(25-30)18-4-6-19(24)7-5-18/h4-7,13,20H,2-3,8-12,14-16H2,1H3. The minimum absolute atomic E-state index is 0.136. The fraction of sp³-hybridized carbons (Fsp3) is 0.522. The predicted octanol–water partition coefficient (Wildman–Crippen LogP) is 3.47. The van der Waals surface area contributed by atoms with Gasteiger partial charge in [0.1, 0.15) is 5.82 Å². The number of nitrogens with zero attached hydrogens (tertiary/aromatic N) is 6. The van der Waals surface area contributed by atoms with Crippen molar-refractivity contribution in [2.45, 2.75) is 45.6 Å². The van der Waals surface area contributed by atoms with E-state index in [1.165, 1.54) is 12.1 Å². The molecule has 2 aromatic heterocycles. The van der Waals surface area contributed by atoms with E-state index < -0.39 is 0 Å². The third kappa shape index (κ3) is 5.24. The van der Waals surface area contributed by atoms with Gasteiger partial charge in [0.2, 0.25) is 0 Å². The summed E-state index contributed by atoms with van der Waals surface area (Å²) in [6.07, 6.45) is 2.22. The Morgan fingerprint density at radius 3 is 2.55 bits per heavy atom. The lowest BCUT2D eigenvalue weighted by molar-refractivity contribution is 0.0900. The number of halogens is 1. The van der Waals surface area contributed by atoms with Crippen LogP contribution in [-0.4, -0.2) is 68.2 Å². The van der Waals surface area contributed by atoms with Gasteiger partial charge in [-0.15, -0.1) is 0 Å². The molecule has 2 fully saturated rings. The topological polar surface area (TPSA) is 64.5 Å². The Labute approximate surface area is 197 Å². The van der Waals surface area contributed by atoms with E-state index in [0.717, 1.165) is 75.0 Å². The summed E-state index contributed by atoms with van der Waals surface area (Å²) < 4.78 is 29.3. The van der Waals surface area contributed by atoms with Gasteiger partial charge in [0.05, 0.1) is 31.6 Å². The first-order valence-corrected chi connectivity index (χ1v) is 11.9. The van der Waals surface area contributed by atoms with Crippen LogP contribution in [0.5, 0.6) is 0 Å². The lowest BCUT2D eigenvalue weighted by Gasteiger charge is -2.33. The summed E-state index contributed by atoms with van der Waals surface area (Å²) in [5.41, 5.74) is 1.76. The summed E-state index contributed by atoms with van der Waals surface area (Å²) >= 11 is 5.83. The third-order valence-electron chi connectivity index (χ3n) is 6.29. The molecule has 5 rings (SSSR count). The molecule has 10 heteroatoms. The molecule has 2 aliphatic heterocycles. The molecule has 2 aliphatic rings. The summed E-state index contributed by atoms with van der Waals surface area (Å²) in [6.45, 7) is 8.50. The Bertz CT molecular complexity index is 1130. The van der Waals surface area contributed by atoms with Crippen LogP contribution < -0.4 is 0 Å². The van der Waals surface area contributed by atoms with Gasteiger partial charge in [-0.25, -0.2) is 9.07 Å². The Balaban J connectivity index is 1.29. The number of ether oxygens (including phenoxy) is 1. The molecular weight excluding hydrogens is 443 g/mol. The molecule has 0 radical (unpaired) electrons. The first-order valence-electron chi connectivity index (χ1n) is 11.5. The molecule has 0 bridgehead atoms. The number of piperazine rings is 1. The van der Waals surface area contributed by atoms with Gasteiger partial charge in [-0.2, -0.15) is 5.10 Å². The van der Waals surface area contributed by atoms with E-state index in [4.69, 9.17) is 26.6 Å². The molecule has 0 amide bonds. The smallest absolute Gasteiger partial charge is 0.199 e. The van der Waals surface area contributed by atoms with Gasteiger partial charge in [0.15, 0.2) is 16.4 Å². The number of aryl methyl sites for hydroxylation is 1. The molecule has 0 spiro atoms. The van der Waals surface area contributed by atoms with Crippen molar-refractivity contribution in [1.82, 2.24) is 29.3 Å². The van der Waals surface area contributed by atoms with Crippen molar-refractivity contribution in [3.63, 3.8) is 0 Å². The van der Waals surface area contributed by atoms with Crippen LogP contribution in [0.4, 0.5) is 4.39 Å². The highest BCUT2D eigenvalue weighted by atomic mass is 32.1. The Kier molecular flexibility index (Phi) is 6.68.